The molecule has 1 atom stereocenters. The highest BCUT2D eigenvalue weighted by atomic mass is 32.2. The fourth-order valence-corrected chi connectivity index (χ4v) is 3.69. The predicted molar refractivity (Wildman–Crippen MR) is 114 cm³/mol. The van der Waals surface area contributed by atoms with Gasteiger partial charge in [-0.05, 0) is 55.8 Å². The van der Waals surface area contributed by atoms with E-state index in [9.17, 15) is 9.59 Å². The van der Waals surface area contributed by atoms with Crippen molar-refractivity contribution in [3.8, 4) is 5.75 Å². The van der Waals surface area contributed by atoms with Crippen LogP contribution in [0.5, 0.6) is 5.75 Å². The molecule has 0 bridgehead atoms. The molecular formula is C22H28N2O3S. The standard InChI is InChI=1S/C22H28N2O3S/c1-6-24(15-17-7-9-18(10-8-17)22(26)23(3)4)21(25)16(2)28-20-13-11-19(27-5)12-14-20/h7-14,16H,6,15H2,1-5H3. The summed E-state index contributed by atoms with van der Waals surface area (Å²) in [6.07, 6.45) is 0. The molecule has 28 heavy (non-hydrogen) atoms. The number of amides is 2. The van der Waals surface area contributed by atoms with Gasteiger partial charge < -0.3 is 14.5 Å². The van der Waals surface area contributed by atoms with Crippen molar-refractivity contribution in [3.05, 3.63) is 59.7 Å². The second kappa shape index (κ2) is 10.2. The Kier molecular flexibility index (Phi) is 7.93. The Morgan fingerprint density at radius 1 is 1.04 bits per heavy atom. The molecule has 2 amide bonds. The lowest BCUT2D eigenvalue weighted by Gasteiger charge is -2.24. The maximum absolute atomic E-state index is 12.9. The summed E-state index contributed by atoms with van der Waals surface area (Å²) < 4.78 is 5.17. The first-order valence-corrected chi connectivity index (χ1v) is 10.1. The van der Waals surface area contributed by atoms with Crippen molar-refractivity contribution in [3.63, 3.8) is 0 Å². The second-order valence-corrected chi connectivity index (χ2v) is 8.10. The van der Waals surface area contributed by atoms with E-state index in [-0.39, 0.29) is 17.1 Å². The molecule has 0 radical (unpaired) electrons. The van der Waals surface area contributed by atoms with Crippen LogP contribution in [0.2, 0.25) is 0 Å². The van der Waals surface area contributed by atoms with Gasteiger partial charge in [-0.1, -0.05) is 12.1 Å². The minimum absolute atomic E-state index is 0.0283. The van der Waals surface area contributed by atoms with Gasteiger partial charge in [0.15, 0.2) is 0 Å². The quantitative estimate of drug-likeness (QED) is 0.630. The Bertz CT molecular complexity index is 788. The van der Waals surface area contributed by atoms with E-state index in [1.54, 1.807) is 26.1 Å². The zero-order valence-electron chi connectivity index (χ0n) is 17.1. The number of carbonyl (C=O) groups excluding carboxylic acids is 2. The van der Waals surface area contributed by atoms with Gasteiger partial charge in [0.25, 0.3) is 5.91 Å². The molecule has 0 aliphatic heterocycles. The van der Waals surface area contributed by atoms with Gasteiger partial charge in [0.2, 0.25) is 5.91 Å². The van der Waals surface area contributed by atoms with Crippen LogP contribution in [0.25, 0.3) is 0 Å². The first kappa shape index (κ1) is 21.8. The summed E-state index contributed by atoms with van der Waals surface area (Å²) in [5, 5.41) is -0.192. The average Bonchev–Trinajstić information content (AvgIpc) is 2.71. The van der Waals surface area contributed by atoms with Crippen molar-refractivity contribution >= 4 is 23.6 Å². The van der Waals surface area contributed by atoms with Crippen molar-refractivity contribution in [1.29, 1.82) is 0 Å². The summed E-state index contributed by atoms with van der Waals surface area (Å²) in [7, 11) is 5.10. The predicted octanol–water partition coefficient (Wildman–Crippen LogP) is 3.93. The highest BCUT2D eigenvalue weighted by molar-refractivity contribution is 8.00. The van der Waals surface area contributed by atoms with Crippen LogP contribution in [0.15, 0.2) is 53.4 Å². The fourth-order valence-electron chi connectivity index (χ4n) is 2.74. The van der Waals surface area contributed by atoms with E-state index >= 15 is 0 Å². The Hall–Kier alpha value is -2.47. The molecule has 0 saturated carbocycles. The lowest BCUT2D eigenvalue weighted by Crippen LogP contribution is -2.36. The van der Waals surface area contributed by atoms with Crippen LogP contribution < -0.4 is 4.74 Å². The Balaban J connectivity index is 2.00. The van der Waals surface area contributed by atoms with Crippen LogP contribution in [0.1, 0.15) is 29.8 Å². The molecule has 0 saturated heterocycles. The molecule has 0 aromatic heterocycles. The Morgan fingerprint density at radius 2 is 1.64 bits per heavy atom. The smallest absolute Gasteiger partial charge is 0.253 e. The van der Waals surface area contributed by atoms with Crippen molar-refractivity contribution < 1.29 is 14.3 Å². The summed E-state index contributed by atoms with van der Waals surface area (Å²) in [5.41, 5.74) is 1.65. The van der Waals surface area contributed by atoms with Gasteiger partial charge in [0.1, 0.15) is 5.75 Å². The third-order valence-electron chi connectivity index (χ3n) is 4.39. The number of benzene rings is 2. The molecule has 2 aromatic carbocycles. The molecule has 0 N–H and O–H groups in total. The molecule has 150 valence electrons. The summed E-state index contributed by atoms with van der Waals surface area (Å²) in [6, 6.07) is 15.2. The van der Waals surface area contributed by atoms with E-state index in [4.69, 9.17) is 4.74 Å². The maximum atomic E-state index is 12.9. The molecule has 6 heteroatoms. The van der Waals surface area contributed by atoms with Crippen molar-refractivity contribution in [2.75, 3.05) is 27.7 Å². The summed E-state index contributed by atoms with van der Waals surface area (Å²) in [4.78, 5) is 29.3. The van der Waals surface area contributed by atoms with Crippen LogP contribution in [-0.2, 0) is 11.3 Å². The number of hydrogen-bond acceptors (Lipinski definition) is 4. The van der Waals surface area contributed by atoms with E-state index < -0.39 is 0 Å². The van der Waals surface area contributed by atoms with Crippen LogP contribution >= 0.6 is 11.8 Å². The molecule has 1 unspecified atom stereocenters. The molecule has 0 aliphatic rings. The molecular weight excluding hydrogens is 372 g/mol. The first-order valence-electron chi connectivity index (χ1n) is 9.25. The van der Waals surface area contributed by atoms with E-state index in [1.807, 2.05) is 67.3 Å². The third kappa shape index (κ3) is 5.76. The summed E-state index contributed by atoms with van der Waals surface area (Å²) in [6.45, 7) is 5.06. The van der Waals surface area contributed by atoms with Gasteiger partial charge in [-0.3, -0.25) is 9.59 Å². The van der Waals surface area contributed by atoms with Crippen LogP contribution in [0.3, 0.4) is 0 Å². The Labute approximate surface area is 171 Å². The number of hydrogen-bond donors (Lipinski definition) is 0. The zero-order chi connectivity index (χ0) is 20.7. The van der Waals surface area contributed by atoms with Gasteiger partial charge >= 0.3 is 0 Å². The monoisotopic (exact) mass is 400 g/mol. The molecule has 0 fully saturated rings. The summed E-state index contributed by atoms with van der Waals surface area (Å²) >= 11 is 1.54. The van der Waals surface area contributed by atoms with Crippen molar-refractivity contribution in [1.82, 2.24) is 9.80 Å². The lowest BCUT2D eigenvalue weighted by atomic mass is 10.1. The number of nitrogens with zero attached hydrogens (tertiary/aromatic N) is 2. The summed E-state index contributed by atoms with van der Waals surface area (Å²) in [5.74, 6) is 0.867. The topological polar surface area (TPSA) is 49.9 Å². The van der Waals surface area contributed by atoms with Crippen LogP contribution in [0.4, 0.5) is 0 Å². The van der Waals surface area contributed by atoms with Crippen LogP contribution in [-0.4, -0.2) is 54.6 Å². The average molecular weight is 401 g/mol. The fraction of sp³-hybridized carbons (Fsp3) is 0.364. The molecule has 0 aliphatic carbocycles. The minimum Gasteiger partial charge on any atom is -0.497 e. The normalized spacial score (nSPS) is 11.6. The molecule has 2 aromatic rings. The van der Waals surface area contributed by atoms with E-state index in [0.29, 0.717) is 18.7 Å². The van der Waals surface area contributed by atoms with Gasteiger partial charge in [-0.15, -0.1) is 11.8 Å². The van der Waals surface area contributed by atoms with E-state index in [1.165, 1.54) is 11.8 Å². The van der Waals surface area contributed by atoms with E-state index in [2.05, 4.69) is 0 Å². The number of carbonyl (C=O) groups is 2. The number of thioether (sulfide) groups is 1. The largest absolute Gasteiger partial charge is 0.497 e. The molecule has 0 spiro atoms. The third-order valence-corrected chi connectivity index (χ3v) is 5.49. The highest BCUT2D eigenvalue weighted by Crippen LogP contribution is 2.26. The van der Waals surface area contributed by atoms with Gasteiger partial charge in [0.05, 0.1) is 12.4 Å². The van der Waals surface area contributed by atoms with Crippen LogP contribution in [0, 0.1) is 0 Å². The maximum Gasteiger partial charge on any atom is 0.253 e. The van der Waals surface area contributed by atoms with Crippen molar-refractivity contribution in [2.45, 2.75) is 30.5 Å². The number of rotatable bonds is 8. The van der Waals surface area contributed by atoms with E-state index in [0.717, 1.165) is 16.2 Å². The lowest BCUT2D eigenvalue weighted by molar-refractivity contribution is -0.130. The first-order chi connectivity index (χ1) is 13.3. The molecule has 2 rings (SSSR count). The number of ether oxygens (including phenoxy) is 1. The number of methoxy groups -OCH3 is 1. The Morgan fingerprint density at radius 3 is 2.14 bits per heavy atom. The minimum atomic E-state index is -0.192. The zero-order valence-corrected chi connectivity index (χ0v) is 18.0. The highest BCUT2D eigenvalue weighted by Gasteiger charge is 2.21. The molecule has 0 heterocycles. The van der Waals surface area contributed by atoms with Gasteiger partial charge in [0, 0.05) is 37.6 Å². The molecule has 5 nitrogen and oxygen atoms in total. The second-order valence-electron chi connectivity index (χ2n) is 6.68. The van der Waals surface area contributed by atoms with Crippen molar-refractivity contribution in [2.24, 2.45) is 0 Å². The van der Waals surface area contributed by atoms with Gasteiger partial charge in [-0.2, -0.15) is 0 Å². The van der Waals surface area contributed by atoms with Gasteiger partial charge in [-0.25, -0.2) is 0 Å². The SMILES string of the molecule is CCN(Cc1ccc(C(=O)N(C)C)cc1)C(=O)C(C)Sc1ccc(OC)cc1.